The first-order valence-corrected chi connectivity index (χ1v) is 7.04. The van der Waals surface area contributed by atoms with Crippen molar-refractivity contribution in [2.75, 3.05) is 24.1 Å². The fourth-order valence-electron chi connectivity index (χ4n) is 2.35. The molecule has 8 heteroatoms. The summed E-state index contributed by atoms with van der Waals surface area (Å²) in [5, 5.41) is 21.8. The Kier molecular flexibility index (Phi) is 3.96. The first-order valence-electron chi connectivity index (χ1n) is 7.04. The van der Waals surface area contributed by atoms with Crippen LogP contribution in [0.15, 0.2) is 36.5 Å². The summed E-state index contributed by atoms with van der Waals surface area (Å²) in [7, 11) is 0. The lowest BCUT2D eigenvalue weighted by atomic mass is 10.1. The first kappa shape index (κ1) is 14.6. The van der Waals surface area contributed by atoms with Gasteiger partial charge >= 0.3 is 6.09 Å². The summed E-state index contributed by atoms with van der Waals surface area (Å²) in [6.07, 6.45) is 0.643. The lowest BCUT2D eigenvalue weighted by Gasteiger charge is -2.11. The minimum Gasteiger partial charge on any atom is -0.465 e. The summed E-state index contributed by atoms with van der Waals surface area (Å²) >= 11 is 0. The third-order valence-electron chi connectivity index (χ3n) is 3.36. The number of nitrogens with one attached hydrogen (secondary N) is 3. The molecule has 0 aliphatic carbocycles. The van der Waals surface area contributed by atoms with E-state index in [-0.39, 0.29) is 0 Å². The van der Waals surface area contributed by atoms with Crippen molar-refractivity contribution in [1.82, 2.24) is 20.5 Å². The van der Waals surface area contributed by atoms with Gasteiger partial charge in [-0.05, 0) is 12.1 Å². The molecule has 2 heterocycles. The fourth-order valence-corrected chi connectivity index (χ4v) is 2.35. The van der Waals surface area contributed by atoms with Gasteiger partial charge in [-0.3, -0.25) is 5.10 Å². The van der Waals surface area contributed by atoms with E-state index in [1.54, 1.807) is 12.3 Å². The molecule has 118 valence electrons. The minimum atomic E-state index is -1.05. The summed E-state index contributed by atoms with van der Waals surface area (Å²) in [4.78, 5) is 14.8. The number of rotatable bonds is 5. The van der Waals surface area contributed by atoms with Crippen LogP contribution < -0.4 is 16.4 Å². The maximum Gasteiger partial charge on any atom is 0.404 e. The molecule has 0 atom stereocenters. The second-order valence-corrected chi connectivity index (χ2v) is 4.96. The number of amides is 1. The van der Waals surface area contributed by atoms with Gasteiger partial charge in [0.05, 0.1) is 11.2 Å². The van der Waals surface area contributed by atoms with Gasteiger partial charge in [-0.15, -0.1) is 0 Å². The Morgan fingerprint density at radius 2 is 2.13 bits per heavy atom. The van der Waals surface area contributed by atoms with E-state index in [0.29, 0.717) is 18.9 Å². The van der Waals surface area contributed by atoms with Crippen molar-refractivity contribution in [3.63, 3.8) is 0 Å². The van der Waals surface area contributed by atoms with E-state index in [0.717, 1.165) is 27.8 Å². The standard InChI is InChI=1S/C15H16N6O2/c16-14-8-12(17-5-6-18-15(22)23)10-2-1-9(7-13(10)20-14)11-3-4-19-21-11/h1-4,7-8,18H,5-6H2,(H,19,21)(H,22,23)(H3,16,17,20). The molecule has 3 rings (SSSR count). The van der Waals surface area contributed by atoms with Crippen LogP contribution in [0.4, 0.5) is 16.3 Å². The number of pyridine rings is 1. The van der Waals surface area contributed by atoms with Crippen LogP contribution >= 0.6 is 0 Å². The molecule has 8 nitrogen and oxygen atoms in total. The number of aromatic amines is 1. The van der Waals surface area contributed by atoms with E-state index >= 15 is 0 Å². The van der Waals surface area contributed by atoms with Crippen molar-refractivity contribution in [3.8, 4) is 11.3 Å². The topological polar surface area (TPSA) is 129 Å². The Morgan fingerprint density at radius 3 is 2.87 bits per heavy atom. The maximum atomic E-state index is 10.5. The molecule has 2 aromatic heterocycles. The average molecular weight is 312 g/mol. The van der Waals surface area contributed by atoms with E-state index in [9.17, 15) is 4.79 Å². The van der Waals surface area contributed by atoms with Crippen LogP contribution in [-0.4, -0.2) is 39.5 Å². The number of nitrogens with zero attached hydrogens (tertiary/aromatic N) is 2. The Labute approximate surface area is 131 Å². The van der Waals surface area contributed by atoms with E-state index in [1.165, 1.54) is 0 Å². The van der Waals surface area contributed by atoms with Crippen LogP contribution in [0.2, 0.25) is 0 Å². The molecule has 0 unspecified atom stereocenters. The second kappa shape index (κ2) is 6.22. The summed E-state index contributed by atoms with van der Waals surface area (Å²) in [5.41, 5.74) is 9.30. The maximum absolute atomic E-state index is 10.5. The highest BCUT2D eigenvalue weighted by atomic mass is 16.4. The molecular formula is C15H16N6O2. The Hall–Kier alpha value is -3.29. The van der Waals surface area contributed by atoms with Crippen molar-refractivity contribution in [2.24, 2.45) is 0 Å². The van der Waals surface area contributed by atoms with Gasteiger partial charge in [-0.2, -0.15) is 5.10 Å². The van der Waals surface area contributed by atoms with Gasteiger partial charge in [-0.1, -0.05) is 12.1 Å². The van der Waals surface area contributed by atoms with Crippen molar-refractivity contribution >= 4 is 28.5 Å². The summed E-state index contributed by atoms with van der Waals surface area (Å²) < 4.78 is 0. The van der Waals surface area contributed by atoms with Gasteiger partial charge in [0.1, 0.15) is 5.82 Å². The van der Waals surface area contributed by atoms with Crippen molar-refractivity contribution in [2.45, 2.75) is 0 Å². The summed E-state index contributed by atoms with van der Waals surface area (Å²) in [5.74, 6) is 0.396. The van der Waals surface area contributed by atoms with Crippen LogP contribution in [0.1, 0.15) is 0 Å². The van der Waals surface area contributed by atoms with Gasteiger partial charge < -0.3 is 21.5 Å². The van der Waals surface area contributed by atoms with Crippen LogP contribution in [-0.2, 0) is 0 Å². The molecule has 0 radical (unpaired) electrons. The van der Waals surface area contributed by atoms with Gasteiger partial charge in [0.15, 0.2) is 0 Å². The fraction of sp³-hybridized carbons (Fsp3) is 0.133. The molecule has 0 aliphatic rings. The molecule has 0 aliphatic heterocycles. The highest BCUT2D eigenvalue weighted by Crippen LogP contribution is 2.28. The van der Waals surface area contributed by atoms with Crippen LogP contribution in [0.5, 0.6) is 0 Å². The molecule has 1 aromatic carbocycles. The third kappa shape index (κ3) is 3.31. The van der Waals surface area contributed by atoms with Gasteiger partial charge in [0, 0.05) is 42.0 Å². The smallest absolute Gasteiger partial charge is 0.404 e. The van der Waals surface area contributed by atoms with Crippen molar-refractivity contribution < 1.29 is 9.90 Å². The quantitative estimate of drug-likeness (QED) is 0.457. The molecular weight excluding hydrogens is 296 g/mol. The van der Waals surface area contributed by atoms with E-state index in [4.69, 9.17) is 10.8 Å². The molecule has 0 saturated carbocycles. The lowest BCUT2D eigenvalue weighted by molar-refractivity contribution is 0.195. The average Bonchev–Trinajstić information content (AvgIpc) is 3.04. The van der Waals surface area contributed by atoms with Crippen LogP contribution in [0.3, 0.4) is 0 Å². The number of H-pyrrole nitrogens is 1. The summed E-state index contributed by atoms with van der Waals surface area (Å²) in [6.45, 7) is 0.748. The number of nitrogens with two attached hydrogens (primary N) is 1. The highest BCUT2D eigenvalue weighted by molar-refractivity contribution is 5.95. The molecule has 0 saturated heterocycles. The predicted molar refractivity (Wildman–Crippen MR) is 88.3 cm³/mol. The normalized spacial score (nSPS) is 10.6. The third-order valence-corrected chi connectivity index (χ3v) is 3.36. The minimum absolute atomic E-state index is 0.297. The number of hydrogen-bond donors (Lipinski definition) is 5. The Morgan fingerprint density at radius 1 is 1.26 bits per heavy atom. The van der Waals surface area contributed by atoms with Gasteiger partial charge in [0.25, 0.3) is 0 Å². The van der Waals surface area contributed by atoms with E-state index < -0.39 is 6.09 Å². The molecule has 0 fully saturated rings. The number of carboxylic acid groups (broad SMARTS) is 1. The van der Waals surface area contributed by atoms with E-state index in [2.05, 4.69) is 25.8 Å². The van der Waals surface area contributed by atoms with Crippen molar-refractivity contribution in [3.05, 3.63) is 36.5 Å². The zero-order chi connectivity index (χ0) is 16.2. The number of anilines is 2. The van der Waals surface area contributed by atoms with E-state index in [1.807, 2.05) is 24.3 Å². The SMILES string of the molecule is Nc1cc(NCCNC(=O)O)c2ccc(-c3ccn[nH]3)cc2n1. The first-order chi connectivity index (χ1) is 11.1. The molecule has 6 N–H and O–H groups in total. The number of hydrogen-bond acceptors (Lipinski definition) is 5. The molecule has 0 bridgehead atoms. The molecule has 1 amide bonds. The second-order valence-electron chi connectivity index (χ2n) is 4.96. The number of carbonyl (C=O) groups is 1. The van der Waals surface area contributed by atoms with Gasteiger partial charge in [0.2, 0.25) is 0 Å². The molecule has 23 heavy (non-hydrogen) atoms. The number of benzene rings is 1. The lowest BCUT2D eigenvalue weighted by Crippen LogP contribution is -2.27. The zero-order valence-corrected chi connectivity index (χ0v) is 12.2. The number of fused-ring (bicyclic) bond motifs is 1. The molecule has 3 aromatic rings. The predicted octanol–water partition coefficient (Wildman–Crippen LogP) is 1.89. The Bertz CT molecular complexity index is 831. The van der Waals surface area contributed by atoms with Crippen molar-refractivity contribution in [1.29, 1.82) is 0 Å². The Balaban J connectivity index is 1.88. The van der Waals surface area contributed by atoms with Gasteiger partial charge in [-0.25, -0.2) is 9.78 Å². The number of aromatic nitrogens is 3. The number of nitrogen functional groups attached to an aromatic ring is 1. The monoisotopic (exact) mass is 312 g/mol. The highest BCUT2D eigenvalue weighted by Gasteiger charge is 2.07. The largest absolute Gasteiger partial charge is 0.465 e. The van der Waals surface area contributed by atoms with Crippen LogP contribution in [0, 0.1) is 0 Å². The zero-order valence-electron chi connectivity index (χ0n) is 12.2. The summed E-state index contributed by atoms with van der Waals surface area (Å²) in [6, 6.07) is 9.46. The van der Waals surface area contributed by atoms with Crippen LogP contribution in [0.25, 0.3) is 22.2 Å². The molecule has 0 spiro atoms.